The third-order valence-electron chi connectivity index (χ3n) is 3.26. The van der Waals surface area contributed by atoms with E-state index in [0.717, 1.165) is 17.1 Å². The number of carbonyl (C=O) groups excluding carboxylic acids is 1. The zero-order chi connectivity index (χ0) is 15.5. The van der Waals surface area contributed by atoms with Crippen LogP contribution in [0.4, 0.5) is 4.39 Å². The Hall–Kier alpha value is -2.08. The second kappa shape index (κ2) is 6.36. The highest BCUT2D eigenvalue weighted by Gasteiger charge is 2.13. The second-order valence-corrected chi connectivity index (χ2v) is 5.77. The lowest BCUT2D eigenvalue weighted by molar-refractivity contribution is 0.0953. The molecule has 1 heterocycles. The highest BCUT2D eigenvalue weighted by molar-refractivity contribution is 9.10. The van der Waals surface area contributed by atoms with Crippen LogP contribution in [0.15, 0.2) is 40.9 Å². The molecule has 0 saturated carbocycles. The minimum absolute atomic E-state index is 0.240. The van der Waals surface area contributed by atoms with Gasteiger partial charge < -0.3 is 14.8 Å². The lowest BCUT2D eigenvalue weighted by Gasteiger charge is -2.07. The van der Waals surface area contributed by atoms with Gasteiger partial charge in [-0.1, -0.05) is 22.0 Å². The third-order valence-corrected chi connectivity index (χ3v) is 3.72. The molecule has 0 saturated heterocycles. The van der Waals surface area contributed by atoms with Gasteiger partial charge in [-0.05, 0) is 42.3 Å². The summed E-state index contributed by atoms with van der Waals surface area (Å²) in [5.74, 6) is 0.700. The van der Waals surface area contributed by atoms with E-state index in [1.807, 2.05) is 18.2 Å². The number of carbonyl (C=O) groups is 1. The van der Waals surface area contributed by atoms with Gasteiger partial charge in [-0.3, -0.25) is 4.79 Å². The predicted octanol–water partition coefficient (Wildman–Crippen LogP) is 3.29. The normalized spacial score (nSPS) is 12.3. The van der Waals surface area contributed by atoms with Crippen LogP contribution < -0.4 is 14.8 Å². The molecule has 3 rings (SSSR count). The second-order valence-electron chi connectivity index (χ2n) is 4.85. The molecule has 2 aromatic rings. The highest BCUT2D eigenvalue weighted by Crippen LogP contribution is 2.32. The highest BCUT2D eigenvalue weighted by atomic mass is 79.9. The van der Waals surface area contributed by atoms with E-state index in [-0.39, 0.29) is 18.3 Å². The third kappa shape index (κ3) is 3.39. The Morgan fingerprint density at radius 1 is 1.18 bits per heavy atom. The Kier molecular flexibility index (Phi) is 4.29. The molecule has 2 aromatic carbocycles. The van der Waals surface area contributed by atoms with Gasteiger partial charge in [0.15, 0.2) is 11.5 Å². The van der Waals surface area contributed by atoms with E-state index in [2.05, 4.69) is 21.2 Å². The Morgan fingerprint density at radius 3 is 2.82 bits per heavy atom. The van der Waals surface area contributed by atoms with E-state index in [9.17, 15) is 9.18 Å². The van der Waals surface area contributed by atoms with Crippen molar-refractivity contribution in [3.8, 4) is 11.5 Å². The summed E-state index contributed by atoms with van der Waals surface area (Å²) >= 11 is 3.17. The fraction of sp³-hybridized carbons (Fsp3) is 0.188. The fourth-order valence-corrected chi connectivity index (χ4v) is 2.67. The van der Waals surface area contributed by atoms with Crippen LogP contribution in [0.1, 0.15) is 15.9 Å². The largest absolute Gasteiger partial charge is 0.454 e. The van der Waals surface area contributed by atoms with Gasteiger partial charge in [0.05, 0.1) is 0 Å². The van der Waals surface area contributed by atoms with Crippen molar-refractivity contribution in [2.24, 2.45) is 0 Å². The molecular weight excluding hydrogens is 353 g/mol. The Balaban J connectivity index is 1.57. The first-order valence-corrected chi connectivity index (χ1v) is 7.54. The SMILES string of the molecule is O=C(NCCc1ccc2c(c1)OCO2)c1cc(F)cc(Br)c1. The molecule has 6 heteroatoms. The Labute approximate surface area is 135 Å². The quantitative estimate of drug-likeness (QED) is 0.904. The van der Waals surface area contributed by atoms with Gasteiger partial charge in [-0.15, -0.1) is 0 Å². The summed E-state index contributed by atoms with van der Waals surface area (Å²) in [6.07, 6.45) is 0.652. The average molecular weight is 366 g/mol. The molecule has 114 valence electrons. The lowest BCUT2D eigenvalue weighted by atomic mass is 10.1. The van der Waals surface area contributed by atoms with Crippen LogP contribution in [0.5, 0.6) is 11.5 Å². The van der Waals surface area contributed by atoms with Crippen molar-refractivity contribution in [3.63, 3.8) is 0 Å². The summed E-state index contributed by atoms with van der Waals surface area (Å²) in [6, 6.07) is 9.78. The molecule has 1 amide bonds. The van der Waals surface area contributed by atoms with Gasteiger partial charge in [0.2, 0.25) is 6.79 Å². The molecule has 0 unspecified atom stereocenters. The summed E-state index contributed by atoms with van der Waals surface area (Å²) in [5.41, 5.74) is 1.32. The van der Waals surface area contributed by atoms with E-state index < -0.39 is 5.82 Å². The maximum Gasteiger partial charge on any atom is 0.251 e. The van der Waals surface area contributed by atoms with Crippen molar-refractivity contribution < 1.29 is 18.7 Å². The van der Waals surface area contributed by atoms with Crippen LogP contribution in [-0.4, -0.2) is 19.2 Å². The van der Waals surface area contributed by atoms with E-state index in [0.29, 0.717) is 17.4 Å². The molecule has 0 fully saturated rings. The Morgan fingerprint density at radius 2 is 2.00 bits per heavy atom. The molecular formula is C16H13BrFNO3. The molecule has 4 nitrogen and oxygen atoms in total. The van der Waals surface area contributed by atoms with E-state index in [4.69, 9.17) is 9.47 Å². The van der Waals surface area contributed by atoms with Gasteiger partial charge in [0, 0.05) is 16.6 Å². The first-order valence-electron chi connectivity index (χ1n) is 6.74. The number of ether oxygens (including phenoxy) is 2. The van der Waals surface area contributed by atoms with Gasteiger partial charge in [0.25, 0.3) is 5.91 Å². The van der Waals surface area contributed by atoms with Crippen molar-refractivity contribution in [3.05, 3.63) is 57.8 Å². The van der Waals surface area contributed by atoms with Crippen LogP contribution in [0.25, 0.3) is 0 Å². The molecule has 1 aliphatic rings. The van der Waals surface area contributed by atoms with E-state index in [1.165, 1.54) is 12.1 Å². The van der Waals surface area contributed by atoms with Crippen LogP contribution in [0.2, 0.25) is 0 Å². The molecule has 0 aromatic heterocycles. The first-order chi connectivity index (χ1) is 10.6. The molecule has 0 aliphatic carbocycles. The van der Waals surface area contributed by atoms with Crippen LogP contribution in [0, 0.1) is 5.82 Å². The molecule has 1 N–H and O–H groups in total. The summed E-state index contributed by atoms with van der Waals surface area (Å²) in [7, 11) is 0. The number of benzene rings is 2. The average Bonchev–Trinajstić information content (AvgIpc) is 2.93. The minimum Gasteiger partial charge on any atom is -0.454 e. The van der Waals surface area contributed by atoms with Crippen molar-refractivity contribution in [2.75, 3.05) is 13.3 Å². The zero-order valence-corrected chi connectivity index (χ0v) is 13.2. The molecule has 1 aliphatic heterocycles. The van der Waals surface area contributed by atoms with Crippen molar-refractivity contribution in [1.29, 1.82) is 0 Å². The number of nitrogens with one attached hydrogen (secondary N) is 1. The van der Waals surface area contributed by atoms with Crippen LogP contribution in [-0.2, 0) is 6.42 Å². The van der Waals surface area contributed by atoms with Crippen LogP contribution in [0.3, 0.4) is 0 Å². The lowest BCUT2D eigenvalue weighted by Crippen LogP contribution is -2.25. The molecule has 22 heavy (non-hydrogen) atoms. The molecule has 0 spiro atoms. The molecule has 0 radical (unpaired) electrons. The topological polar surface area (TPSA) is 47.6 Å². The summed E-state index contributed by atoms with van der Waals surface area (Å²) in [6.45, 7) is 0.691. The standard InChI is InChI=1S/C16H13BrFNO3/c17-12-6-11(7-13(18)8-12)16(20)19-4-3-10-1-2-14-15(5-10)22-9-21-14/h1-2,5-8H,3-4,9H2,(H,19,20). The number of hydrogen-bond acceptors (Lipinski definition) is 3. The van der Waals surface area contributed by atoms with Crippen LogP contribution >= 0.6 is 15.9 Å². The fourth-order valence-electron chi connectivity index (χ4n) is 2.20. The maximum absolute atomic E-state index is 13.3. The maximum atomic E-state index is 13.3. The van der Waals surface area contributed by atoms with Gasteiger partial charge in [0.1, 0.15) is 5.82 Å². The number of fused-ring (bicyclic) bond motifs is 1. The van der Waals surface area contributed by atoms with Crippen molar-refractivity contribution in [1.82, 2.24) is 5.32 Å². The predicted molar refractivity (Wildman–Crippen MR) is 82.7 cm³/mol. The van der Waals surface area contributed by atoms with E-state index in [1.54, 1.807) is 6.07 Å². The smallest absolute Gasteiger partial charge is 0.251 e. The number of hydrogen-bond donors (Lipinski definition) is 1. The summed E-state index contributed by atoms with van der Waals surface area (Å²) in [5, 5.41) is 2.77. The van der Waals surface area contributed by atoms with Gasteiger partial charge in [-0.25, -0.2) is 4.39 Å². The van der Waals surface area contributed by atoms with Crippen molar-refractivity contribution in [2.45, 2.75) is 6.42 Å². The summed E-state index contributed by atoms with van der Waals surface area (Å²) < 4.78 is 24.4. The summed E-state index contributed by atoms with van der Waals surface area (Å²) in [4.78, 5) is 12.0. The number of halogens is 2. The monoisotopic (exact) mass is 365 g/mol. The molecule has 0 atom stereocenters. The van der Waals surface area contributed by atoms with Gasteiger partial charge in [-0.2, -0.15) is 0 Å². The van der Waals surface area contributed by atoms with Gasteiger partial charge >= 0.3 is 0 Å². The van der Waals surface area contributed by atoms with E-state index >= 15 is 0 Å². The Bertz CT molecular complexity index is 700. The number of amides is 1. The van der Waals surface area contributed by atoms with Crippen molar-refractivity contribution >= 4 is 21.8 Å². The minimum atomic E-state index is -0.449. The number of rotatable bonds is 4. The molecule has 0 bridgehead atoms. The first kappa shape index (κ1) is 14.8. The zero-order valence-electron chi connectivity index (χ0n) is 11.6.